The normalized spacial score (nSPS) is 10.8. The summed E-state index contributed by atoms with van der Waals surface area (Å²) in [6.45, 7) is 0. The molecule has 2 heterocycles. The molecule has 4 aromatic rings. The Morgan fingerprint density at radius 2 is 1.39 bits per heavy atom. The number of carbonyl (C=O) groups is 2. The fourth-order valence-corrected chi connectivity index (χ4v) is 2.82. The average Bonchev–Trinajstić information content (AvgIpc) is 2.73. The summed E-state index contributed by atoms with van der Waals surface area (Å²) in [5.41, 5.74) is 0.797. The smallest absolute Gasteiger partial charge is 0.362 e. The van der Waals surface area contributed by atoms with Gasteiger partial charge in [0.05, 0.1) is 7.11 Å². The molecular weight excluding hydrogens is 360 g/mol. The molecule has 0 saturated carbocycles. The summed E-state index contributed by atoms with van der Waals surface area (Å²) in [5.74, 6) is -1.13. The van der Waals surface area contributed by atoms with Crippen molar-refractivity contribution in [3.05, 3.63) is 72.1 Å². The molecular formula is C21H14N2O5. The van der Waals surface area contributed by atoms with Crippen molar-refractivity contribution in [3.63, 3.8) is 0 Å². The first-order chi connectivity index (χ1) is 13.6. The lowest BCUT2D eigenvalue weighted by atomic mass is 10.2. The first-order valence-corrected chi connectivity index (χ1v) is 8.36. The number of aromatic nitrogens is 2. The maximum atomic E-state index is 12.6. The number of hydrogen-bond acceptors (Lipinski definition) is 7. The zero-order chi connectivity index (χ0) is 19.7. The van der Waals surface area contributed by atoms with Crippen molar-refractivity contribution in [1.82, 2.24) is 9.97 Å². The number of phenols is 1. The maximum Gasteiger partial charge on any atom is 0.362 e. The van der Waals surface area contributed by atoms with Crippen LogP contribution in [0.4, 0.5) is 0 Å². The summed E-state index contributed by atoms with van der Waals surface area (Å²) in [6, 6.07) is 16.5. The summed E-state index contributed by atoms with van der Waals surface area (Å²) >= 11 is 0. The molecule has 0 radical (unpaired) electrons. The second kappa shape index (κ2) is 6.96. The van der Waals surface area contributed by atoms with Gasteiger partial charge in [-0.05, 0) is 24.3 Å². The van der Waals surface area contributed by atoms with Crippen molar-refractivity contribution in [2.45, 2.75) is 0 Å². The Bertz CT molecular complexity index is 1240. The van der Waals surface area contributed by atoms with Gasteiger partial charge in [-0.1, -0.05) is 36.4 Å². The molecule has 2 aromatic carbocycles. The van der Waals surface area contributed by atoms with Crippen LogP contribution in [0.2, 0.25) is 0 Å². The molecule has 7 nitrogen and oxygen atoms in total. The van der Waals surface area contributed by atoms with E-state index < -0.39 is 11.9 Å². The molecule has 0 amide bonds. The van der Waals surface area contributed by atoms with Crippen LogP contribution in [0, 0.1) is 0 Å². The number of phenolic OH excluding ortho intramolecular Hbond substituents is 1. The van der Waals surface area contributed by atoms with Gasteiger partial charge < -0.3 is 14.6 Å². The quantitative estimate of drug-likeness (QED) is 0.433. The molecule has 0 saturated heterocycles. The van der Waals surface area contributed by atoms with Crippen LogP contribution in [0.5, 0.6) is 11.5 Å². The van der Waals surface area contributed by atoms with E-state index in [1.54, 1.807) is 42.5 Å². The molecule has 28 heavy (non-hydrogen) atoms. The fraction of sp³-hybridized carbons (Fsp3) is 0.0476. The Morgan fingerprint density at radius 3 is 2.11 bits per heavy atom. The van der Waals surface area contributed by atoms with E-state index >= 15 is 0 Å². The molecule has 2 aromatic heterocycles. The zero-order valence-corrected chi connectivity index (χ0v) is 14.7. The lowest BCUT2D eigenvalue weighted by Crippen LogP contribution is -2.11. The Hall–Kier alpha value is -4.00. The fourth-order valence-electron chi connectivity index (χ4n) is 2.82. The first kappa shape index (κ1) is 17.4. The van der Waals surface area contributed by atoms with Crippen molar-refractivity contribution in [1.29, 1.82) is 0 Å². The van der Waals surface area contributed by atoms with Gasteiger partial charge in [-0.3, -0.25) is 0 Å². The number of esters is 2. The highest BCUT2D eigenvalue weighted by molar-refractivity contribution is 5.97. The van der Waals surface area contributed by atoms with E-state index in [-0.39, 0.29) is 22.9 Å². The monoisotopic (exact) mass is 374 g/mol. The molecule has 4 rings (SSSR count). The lowest BCUT2D eigenvalue weighted by Gasteiger charge is -2.08. The van der Waals surface area contributed by atoms with Crippen LogP contribution < -0.4 is 4.74 Å². The summed E-state index contributed by atoms with van der Waals surface area (Å²) in [4.78, 5) is 32.8. The third-order valence-electron chi connectivity index (χ3n) is 4.19. The van der Waals surface area contributed by atoms with Crippen molar-refractivity contribution >= 4 is 33.7 Å². The van der Waals surface area contributed by atoms with E-state index in [0.29, 0.717) is 21.8 Å². The predicted octanol–water partition coefficient (Wildman–Crippen LogP) is 3.49. The van der Waals surface area contributed by atoms with Gasteiger partial charge in [-0.15, -0.1) is 0 Å². The molecule has 0 spiro atoms. The molecule has 1 N–H and O–H groups in total. The van der Waals surface area contributed by atoms with Crippen LogP contribution in [-0.4, -0.2) is 34.1 Å². The summed E-state index contributed by atoms with van der Waals surface area (Å²) < 4.78 is 10.2. The minimum Gasteiger partial charge on any atom is -0.506 e. The minimum absolute atomic E-state index is 0.0262. The van der Waals surface area contributed by atoms with Crippen LogP contribution >= 0.6 is 0 Å². The van der Waals surface area contributed by atoms with E-state index in [2.05, 4.69) is 14.7 Å². The average molecular weight is 374 g/mol. The molecule has 0 atom stereocenters. The van der Waals surface area contributed by atoms with Crippen LogP contribution in [0.3, 0.4) is 0 Å². The van der Waals surface area contributed by atoms with Gasteiger partial charge in [0.2, 0.25) is 0 Å². The van der Waals surface area contributed by atoms with Gasteiger partial charge in [0.15, 0.2) is 5.75 Å². The molecule has 0 bridgehead atoms. The minimum atomic E-state index is -0.706. The largest absolute Gasteiger partial charge is 0.506 e. The third kappa shape index (κ3) is 3.09. The van der Waals surface area contributed by atoms with E-state index in [0.717, 1.165) is 0 Å². The van der Waals surface area contributed by atoms with Crippen LogP contribution in [-0.2, 0) is 4.74 Å². The molecule has 0 aliphatic carbocycles. The Balaban J connectivity index is 1.72. The zero-order valence-electron chi connectivity index (χ0n) is 14.7. The summed E-state index contributed by atoms with van der Waals surface area (Å²) in [6.07, 6.45) is 0. The van der Waals surface area contributed by atoms with Gasteiger partial charge in [-0.25, -0.2) is 19.6 Å². The third-order valence-corrected chi connectivity index (χ3v) is 4.19. The number of para-hydroxylation sites is 2. The predicted molar refractivity (Wildman–Crippen MR) is 101 cm³/mol. The van der Waals surface area contributed by atoms with E-state index in [1.807, 2.05) is 0 Å². The highest BCUT2D eigenvalue weighted by Crippen LogP contribution is 2.26. The van der Waals surface area contributed by atoms with E-state index in [9.17, 15) is 14.7 Å². The van der Waals surface area contributed by atoms with E-state index in [1.165, 1.54) is 25.3 Å². The lowest BCUT2D eigenvalue weighted by molar-refractivity contribution is 0.0594. The number of carbonyl (C=O) groups excluding carboxylic acids is 2. The number of fused-ring (bicyclic) bond motifs is 2. The Kier molecular flexibility index (Phi) is 4.33. The second-order valence-corrected chi connectivity index (χ2v) is 5.95. The Morgan fingerprint density at radius 1 is 0.786 bits per heavy atom. The SMILES string of the molecule is COC(=O)c1ccc2cccc(OC(=O)c3ccc4cccc(O)c4n3)c2n1. The van der Waals surface area contributed by atoms with E-state index in [4.69, 9.17) is 4.74 Å². The standard InChI is InChI=1S/C21H14N2O5/c1-27-20(25)14-10-9-13-5-3-7-17(19(13)23-14)28-21(26)15-11-8-12-4-2-6-16(24)18(12)22-15/h2-11,24H,1H3. The summed E-state index contributed by atoms with van der Waals surface area (Å²) in [7, 11) is 1.26. The number of ether oxygens (including phenoxy) is 2. The van der Waals surface area contributed by atoms with Crippen molar-refractivity contribution in [3.8, 4) is 11.5 Å². The number of aromatic hydroxyl groups is 1. The van der Waals surface area contributed by atoms with Crippen LogP contribution in [0.1, 0.15) is 21.0 Å². The highest BCUT2D eigenvalue weighted by Gasteiger charge is 2.16. The van der Waals surface area contributed by atoms with Gasteiger partial charge >= 0.3 is 11.9 Å². The molecule has 0 fully saturated rings. The highest BCUT2D eigenvalue weighted by atomic mass is 16.5. The van der Waals surface area contributed by atoms with Crippen molar-refractivity contribution in [2.24, 2.45) is 0 Å². The number of pyridine rings is 2. The molecule has 0 unspecified atom stereocenters. The Labute approximate surface area is 159 Å². The second-order valence-electron chi connectivity index (χ2n) is 5.95. The van der Waals surface area contributed by atoms with Crippen molar-refractivity contribution < 1.29 is 24.2 Å². The number of nitrogens with zero attached hydrogens (tertiary/aromatic N) is 2. The van der Waals surface area contributed by atoms with Crippen LogP contribution in [0.15, 0.2) is 60.7 Å². The molecule has 7 heteroatoms. The van der Waals surface area contributed by atoms with Gasteiger partial charge in [0.1, 0.15) is 28.2 Å². The van der Waals surface area contributed by atoms with Crippen molar-refractivity contribution in [2.75, 3.05) is 7.11 Å². The first-order valence-electron chi connectivity index (χ1n) is 8.36. The van der Waals surface area contributed by atoms with Gasteiger partial charge in [-0.2, -0.15) is 0 Å². The molecule has 0 aliphatic rings. The van der Waals surface area contributed by atoms with Gasteiger partial charge in [0.25, 0.3) is 0 Å². The number of hydrogen-bond donors (Lipinski definition) is 1. The van der Waals surface area contributed by atoms with Gasteiger partial charge in [0, 0.05) is 10.8 Å². The molecule has 0 aliphatic heterocycles. The maximum absolute atomic E-state index is 12.6. The summed E-state index contributed by atoms with van der Waals surface area (Å²) in [5, 5.41) is 11.3. The topological polar surface area (TPSA) is 98.6 Å². The number of methoxy groups -OCH3 is 1. The van der Waals surface area contributed by atoms with Crippen LogP contribution in [0.25, 0.3) is 21.8 Å². The number of benzene rings is 2. The molecule has 138 valence electrons. The number of rotatable bonds is 3.